The van der Waals surface area contributed by atoms with Gasteiger partial charge in [-0.3, -0.25) is 4.79 Å². The maximum atomic E-state index is 12.7. The number of rotatable bonds is 3. The molecule has 0 amide bonds. The van der Waals surface area contributed by atoms with E-state index < -0.39 is 0 Å². The average Bonchev–Trinajstić information content (AvgIpc) is 2.94. The summed E-state index contributed by atoms with van der Waals surface area (Å²) in [6.45, 7) is 5.18. The Morgan fingerprint density at radius 1 is 0.920 bits per heavy atom. The van der Waals surface area contributed by atoms with Crippen LogP contribution in [0.5, 0.6) is 0 Å². The molecule has 1 aromatic heterocycles. The highest BCUT2D eigenvalue weighted by atomic mass is 16.1. The van der Waals surface area contributed by atoms with Crippen LogP contribution < -0.4 is 0 Å². The van der Waals surface area contributed by atoms with Crippen LogP contribution in [0.2, 0.25) is 0 Å². The van der Waals surface area contributed by atoms with Gasteiger partial charge in [-0.2, -0.15) is 0 Å². The second-order valence-electron chi connectivity index (χ2n) is 7.77. The molecule has 4 rings (SSSR count). The topological polar surface area (TPSA) is 22.0 Å². The molecule has 25 heavy (non-hydrogen) atoms. The van der Waals surface area contributed by atoms with E-state index in [4.69, 9.17) is 0 Å². The first-order valence-corrected chi connectivity index (χ1v) is 8.88. The van der Waals surface area contributed by atoms with E-state index in [2.05, 4.69) is 73.0 Å². The van der Waals surface area contributed by atoms with Gasteiger partial charge in [0.2, 0.25) is 0 Å². The lowest BCUT2D eigenvalue weighted by Crippen LogP contribution is -2.28. The number of carbonyl (C=O) groups excluding carboxylic acids is 1. The standard InChI is InChI=1S/C23H23NO/c1-23(2)14-21-19(22(25)15-23)13-20(18-11-7-4-8-12-18)24(21)16-17-9-5-3-6-10-17/h3-13H,14-16H2,1-2H3. The summed E-state index contributed by atoms with van der Waals surface area (Å²) in [5.74, 6) is 0.273. The zero-order valence-electron chi connectivity index (χ0n) is 14.8. The molecule has 3 aromatic rings. The molecule has 0 unspecified atom stereocenters. The number of ketones is 1. The maximum Gasteiger partial charge on any atom is 0.165 e. The molecular weight excluding hydrogens is 306 g/mol. The predicted octanol–water partition coefficient (Wildman–Crippen LogP) is 5.36. The highest BCUT2D eigenvalue weighted by Crippen LogP contribution is 2.39. The molecular formula is C23H23NO. The zero-order chi connectivity index (χ0) is 17.4. The largest absolute Gasteiger partial charge is 0.339 e. The van der Waals surface area contributed by atoms with Crippen LogP contribution in [-0.4, -0.2) is 10.4 Å². The zero-order valence-corrected chi connectivity index (χ0v) is 14.8. The number of nitrogens with zero attached hydrogens (tertiary/aromatic N) is 1. The molecule has 2 heteroatoms. The number of fused-ring (bicyclic) bond motifs is 1. The van der Waals surface area contributed by atoms with Crippen molar-refractivity contribution in [3.05, 3.63) is 83.6 Å². The predicted molar refractivity (Wildman–Crippen MR) is 102 cm³/mol. The monoisotopic (exact) mass is 329 g/mol. The molecule has 0 atom stereocenters. The van der Waals surface area contributed by atoms with Crippen molar-refractivity contribution in [1.82, 2.24) is 4.57 Å². The minimum atomic E-state index is 0.0187. The minimum Gasteiger partial charge on any atom is -0.339 e. The van der Waals surface area contributed by atoms with Gasteiger partial charge < -0.3 is 4.57 Å². The van der Waals surface area contributed by atoms with Crippen molar-refractivity contribution in [3.63, 3.8) is 0 Å². The fraction of sp³-hybridized carbons (Fsp3) is 0.261. The van der Waals surface area contributed by atoms with Crippen LogP contribution in [0.25, 0.3) is 11.3 Å². The van der Waals surface area contributed by atoms with Gasteiger partial charge in [0.25, 0.3) is 0 Å². The van der Waals surface area contributed by atoms with Gasteiger partial charge in [0.15, 0.2) is 5.78 Å². The Kier molecular flexibility index (Phi) is 3.84. The highest BCUT2D eigenvalue weighted by molar-refractivity contribution is 6.00. The Morgan fingerprint density at radius 2 is 1.56 bits per heavy atom. The molecule has 2 aromatic carbocycles. The molecule has 126 valence electrons. The van der Waals surface area contributed by atoms with Crippen molar-refractivity contribution in [2.24, 2.45) is 5.41 Å². The molecule has 0 saturated carbocycles. The van der Waals surface area contributed by atoms with Crippen LogP contribution in [0.15, 0.2) is 66.7 Å². The van der Waals surface area contributed by atoms with Gasteiger partial charge >= 0.3 is 0 Å². The summed E-state index contributed by atoms with van der Waals surface area (Å²) in [5, 5.41) is 0. The number of benzene rings is 2. The Hall–Kier alpha value is -2.61. The van der Waals surface area contributed by atoms with E-state index in [0.29, 0.717) is 6.42 Å². The van der Waals surface area contributed by atoms with E-state index in [1.807, 2.05) is 12.1 Å². The quantitative estimate of drug-likeness (QED) is 0.634. The van der Waals surface area contributed by atoms with Gasteiger partial charge in [-0.05, 0) is 29.0 Å². The third-order valence-electron chi connectivity index (χ3n) is 5.05. The fourth-order valence-corrected chi connectivity index (χ4v) is 3.86. The Bertz CT molecular complexity index is 904. The molecule has 0 bridgehead atoms. The second-order valence-corrected chi connectivity index (χ2v) is 7.77. The van der Waals surface area contributed by atoms with Gasteiger partial charge in [-0.15, -0.1) is 0 Å². The van der Waals surface area contributed by atoms with Gasteiger partial charge in [0.05, 0.1) is 0 Å². The Morgan fingerprint density at radius 3 is 2.24 bits per heavy atom. The van der Waals surface area contributed by atoms with E-state index in [1.165, 1.54) is 16.8 Å². The highest BCUT2D eigenvalue weighted by Gasteiger charge is 2.34. The molecule has 1 aliphatic rings. The van der Waals surface area contributed by atoms with Crippen LogP contribution in [0.1, 0.15) is 41.9 Å². The average molecular weight is 329 g/mol. The first kappa shape index (κ1) is 15.9. The summed E-state index contributed by atoms with van der Waals surface area (Å²) in [6.07, 6.45) is 1.57. The second kappa shape index (κ2) is 6.03. The smallest absolute Gasteiger partial charge is 0.165 e. The van der Waals surface area contributed by atoms with Crippen molar-refractivity contribution in [2.45, 2.75) is 33.2 Å². The summed E-state index contributed by atoms with van der Waals surface area (Å²) < 4.78 is 2.35. The molecule has 0 aliphatic heterocycles. The first-order chi connectivity index (χ1) is 12.0. The van der Waals surface area contributed by atoms with Crippen molar-refractivity contribution in [2.75, 3.05) is 0 Å². The maximum absolute atomic E-state index is 12.7. The van der Waals surface area contributed by atoms with Crippen LogP contribution in [0.4, 0.5) is 0 Å². The van der Waals surface area contributed by atoms with E-state index >= 15 is 0 Å². The molecule has 0 fully saturated rings. The molecule has 0 spiro atoms. The van der Waals surface area contributed by atoms with Gasteiger partial charge in [0, 0.05) is 29.9 Å². The SMILES string of the molecule is CC1(C)CC(=O)c2cc(-c3ccccc3)n(Cc3ccccc3)c2C1. The number of hydrogen-bond donors (Lipinski definition) is 0. The summed E-state index contributed by atoms with van der Waals surface area (Å²) in [5.41, 5.74) is 5.68. The molecule has 0 saturated heterocycles. The normalized spacial score (nSPS) is 15.8. The number of aromatic nitrogens is 1. The van der Waals surface area contributed by atoms with E-state index in [0.717, 1.165) is 24.2 Å². The lowest BCUT2D eigenvalue weighted by Gasteiger charge is -2.30. The van der Waals surface area contributed by atoms with Crippen molar-refractivity contribution in [3.8, 4) is 11.3 Å². The molecule has 1 aliphatic carbocycles. The van der Waals surface area contributed by atoms with Gasteiger partial charge in [0.1, 0.15) is 0 Å². The summed E-state index contributed by atoms with van der Waals surface area (Å²) in [7, 11) is 0. The van der Waals surface area contributed by atoms with Crippen LogP contribution in [-0.2, 0) is 13.0 Å². The van der Waals surface area contributed by atoms with Crippen molar-refractivity contribution >= 4 is 5.78 Å². The van der Waals surface area contributed by atoms with Crippen molar-refractivity contribution in [1.29, 1.82) is 0 Å². The molecule has 1 heterocycles. The third kappa shape index (κ3) is 3.05. The van der Waals surface area contributed by atoms with Crippen molar-refractivity contribution < 1.29 is 4.79 Å². The summed E-state index contributed by atoms with van der Waals surface area (Å²) >= 11 is 0. The van der Waals surface area contributed by atoms with Crippen LogP contribution in [0, 0.1) is 5.41 Å². The lowest BCUT2D eigenvalue weighted by molar-refractivity contribution is 0.0910. The molecule has 0 N–H and O–H groups in total. The first-order valence-electron chi connectivity index (χ1n) is 8.88. The fourth-order valence-electron chi connectivity index (χ4n) is 3.86. The number of carbonyl (C=O) groups is 1. The number of hydrogen-bond acceptors (Lipinski definition) is 1. The van der Waals surface area contributed by atoms with E-state index in [-0.39, 0.29) is 11.2 Å². The molecule has 2 nitrogen and oxygen atoms in total. The Labute approximate surface area is 149 Å². The summed E-state index contributed by atoms with van der Waals surface area (Å²) in [4.78, 5) is 12.7. The summed E-state index contributed by atoms with van der Waals surface area (Å²) in [6, 6.07) is 23.0. The number of Topliss-reactive ketones (excluding diaryl/α,β-unsaturated/α-hetero) is 1. The van der Waals surface area contributed by atoms with Crippen LogP contribution >= 0.6 is 0 Å². The van der Waals surface area contributed by atoms with Gasteiger partial charge in [-0.25, -0.2) is 0 Å². The minimum absolute atomic E-state index is 0.0187. The molecule has 0 radical (unpaired) electrons. The van der Waals surface area contributed by atoms with E-state index in [9.17, 15) is 4.79 Å². The van der Waals surface area contributed by atoms with E-state index in [1.54, 1.807) is 0 Å². The van der Waals surface area contributed by atoms with Crippen LogP contribution in [0.3, 0.4) is 0 Å². The third-order valence-corrected chi connectivity index (χ3v) is 5.05. The Balaban J connectivity index is 1.88. The van der Waals surface area contributed by atoms with Gasteiger partial charge in [-0.1, -0.05) is 74.5 Å². The lowest BCUT2D eigenvalue weighted by atomic mass is 9.76.